The van der Waals surface area contributed by atoms with E-state index in [9.17, 15) is 19.5 Å². The number of fused-ring (bicyclic) bond motifs is 1. The molecule has 10 nitrogen and oxygen atoms in total. The SMILES string of the molecule is Cc1nc(C(C)NC(=O)c2ccc(-c3ccc(NC(=O)OC(C)(C)C)cc3)cc2)cc(N2[C@H](C(=O)O)C[C@@H]3CCCC[C@@H]32)n1. The first-order valence-electron chi connectivity index (χ1n) is 15.3. The highest BCUT2D eigenvalue weighted by atomic mass is 16.6. The number of aromatic nitrogens is 2. The monoisotopic (exact) mass is 599 g/mol. The van der Waals surface area contributed by atoms with Crippen LogP contribution in [0.25, 0.3) is 11.1 Å². The molecule has 2 aliphatic rings. The van der Waals surface area contributed by atoms with Gasteiger partial charge in [-0.15, -0.1) is 0 Å². The number of ether oxygens (including phenoxy) is 1. The topological polar surface area (TPSA) is 134 Å². The Morgan fingerprint density at radius 3 is 2.25 bits per heavy atom. The number of carboxylic acid groups (broad SMARTS) is 1. The predicted octanol–water partition coefficient (Wildman–Crippen LogP) is 6.51. The molecule has 1 aromatic heterocycles. The summed E-state index contributed by atoms with van der Waals surface area (Å²) in [6.45, 7) is 9.10. The fourth-order valence-electron chi connectivity index (χ4n) is 6.27. The minimum atomic E-state index is -0.824. The van der Waals surface area contributed by atoms with Crippen molar-refractivity contribution >= 4 is 29.5 Å². The third-order valence-electron chi connectivity index (χ3n) is 8.28. The second kappa shape index (κ2) is 12.6. The summed E-state index contributed by atoms with van der Waals surface area (Å²) >= 11 is 0. The average molecular weight is 600 g/mol. The molecule has 0 radical (unpaired) electrons. The Morgan fingerprint density at radius 2 is 1.61 bits per heavy atom. The molecule has 1 saturated carbocycles. The van der Waals surface area contributed by atoms with Crippen LogP contribution in [0.1, 0.15) is 87.7 Å². The molecular formula is C34H41N5O5. The smallest absolute Gasteiger partial charge is 0.412 e. The first-order valence-corrected chi connectivity index (χ1v) is 15.3. The minimum absolute atomic E-state index is 0.160. The molecule has 10 heteroatoms. The van der Waals surface area contributed by atoms with Crippen LogP contribution in [-0.2, 0) is 9.53 Å². The van der Waals surface area contributed by atoms with Crippen LogP contribution in [0, 0.1) is 12.8 Å². The first kappa shape index (κ1) is 31.0. The molecule has 0 spiro atoms. The van der Waals surface area contributed by atoms with Crippen LogP contribution >= 0.6 is 0 Å². The lowest BCUT2D eigenvalue weighted by Crippen LogP contribution is -2.43. The van der Waals surface area contributed by atoms with Gasteiger partial charge in [0.25, 0.3) is 5.91 Å². The molecule has 0 bridgehead atoms. The van der Waals surface area contributed by atoms with Crippen LogP contribution in [0.15, 0.2) is 54.6 Å². The number of amides is 2. The summed E-state index contributed by atoms with van der Waals surface area (Å²) in [5, 5.41) is 15.7. The molecule has 1 saturated heterocycles. The van der Waals surface area contributed by atoms with Crippen molar-refractivity contribution in [3.05, 3.63) is 71.7 Å². The van der Waals surface area contributed by atoms with Crippen molar-refractivity contribution in [3.63, 3.8) is 0 Å². The predicted molar refractivity (Wildman–Crippen MR) is 169 cm³/mol. The van der Waals surface area contributed by atoms with Crippen LogP contribution in [0.2, 0.25) is 0 Å². The zero-order valence-electron chi connectivity index (χ0n) is 26.0. The molecule has 2 amide bonds. The maximum absolute atomic E-state index is 13.2. The molecular weight excluding hydrogens is 558 g/mol. The Hall–Kier alpha value is -4.47. The van der Waals surface area contributed by atoms with Crippen molar-refractivity contribution in [1.82, 2.24) is 15.3 Å². The van der Waals surface area contributed by atoms with E-state index in [0.717, 1.165) is 36.8 Å². The molecule has 2 fully saturated rings. The molecule has 5 rings (SSSR count). The maximum Gasteiger partial charge on any atom is 0.412 e. The lowest BCUT2D eigenvalue weighted by molar-refractivity contribution is -0.138. The molecule has 232 valence electrons. The van der Waals surface area contributed by atoms with E-state index in [-0.39, 0.29) is 11.9 Å². The fourth-order valence-corrected chi connectivity index (χ4v) is 6.27. The number of aryl methyl sites for hydroxylation is 1. The van der Waals surface area contributed by atoms with E-state index in [1.807, 2.05) is 62.9 Å². The number of carbonyl (C=O) groups is 3. The number of aliphatic carboxylic acids is 1. The van der Waals surface area contributed by atoms with Gasteiger partial charge in [-0.2, -0.15) is 0 Å². The first-order chi connectivity index (χ1) is 20.9. The van der Waals surface area contributed by atoms with E-state index in [1.54, 1.807) is 31.2 Å². The summed E-state index contributed by atoms with van der Waals surface area (Å²) in [6.07, 6.45) is 4.35. The highest BCUT2D eigenvalue weighted by Gasteiger charge is 2.46. The van der Waals surface area contributed by atoms with Gasteiger partial charge in [-0.25, -0.2) is 19.6 Å². The van der Waals surface area contributed by atoms with Gasteiger partial charge >= 0.3 is 12.1 Å². The Morgan fingerprint density at radius 1 is 0.977 bits per heavy atom. The highest BCUT2D eigenvalue weighted by molar-refractivity contribution is 5.95. The molecule has 44 heavy (non-hydrogen) atoms. The Bertz CT molecular complexity index is 1520. The Balaban J connectivity index is 1.25. The van der Waals surface area contributed by atoms with Crippen molar-refractivity contribution in [2.75, 3.05) is 10.2 Å². The number of carbonyl (C=O) groups excluding carboxylic acids is 2. The second-order valence-corrected chi connectivity index (χ2v) is 12.8. The van der Waals surface area contributed by atoms with Crippen molar-refractivity contribution in [2.24, 2.45) is 5.92 Å². The van der Waals surface area contributed by atoms with Gasteiger partial charge in [-0.3, -0.25) is 10.1 Å². The van der Waals surface area contributed by atoms with Gasteiger partial charge in [-0.1, -0.05) is 37.1 Å². The largest absolute Gasteiger partial charge is 0.480 e. The zero-order valence-corrected chi connectivity index (χ0v) is 26.0. The molecule has 3 N–H and O–H groups in total. The Labute approximate surface area is 258 Å². The molecule has 1 aliphatic heterocycles. The minimum Gasteiger partial charge on any atom is -0.480 e. The molecule has 1 aliphatic carbocycles. The lowest BCUT2D eigenvalue weighted by atomic mass is 9.85. The number of rotatable bonds is 7. The van der Waals surface area contributed by atoms with Gasteiger partial charge in [0.15, 0.2) is 0 Å². The van der Waals surface area contributed by atoms with E-state index in [4.69, 9.17) is 4.74 Å². The van der Waals surface area contributed by atoms with Crippen molar-refractivity contribution in [1.29, 1.82) is 0 Å². The fraction of sp³-hybridized carbons (Fsp3) is 0.441. The van der Waals surface area contributed by atoms with E-state index >= 15 is 0 Å². The molecule has 4 atom stereocenters. The third-order valence-corrected chi connectivity index (χ3v) is 8.28. The van der Waals surface area contributed by atoms with Gasteiger partial charge in [-0.05, 0) is 95.2 Å². The van der Waals surface area contributed by atoms with Gasteiger partial charge in [0.1, 0.15) is 23.3 Å². The number of hydrogen-bond acceptors (Lipinski definition) is 7. The number of carboxylic acids is 1. The van der Waals surface area contributed by atoms with Gasteiger partial charge in [0.2, 0.25) is 0 Å². The van der Waals surface area contributed by atoms with E-state index in [0.29, 0.717) is 40.9 Å². The van der Waals surface area contributed by atoms with Gasteiger partial charge in [0.05, 0.1) is 11.7 Å². The van der Waals surface area contributed by atoms with Crippen LogP contribution in [-0.4, -0.2) is 50.7 Å². The molecule has 3 aromatic rings. The van der Waals surface area contributed by atoms with E-state index in [2.05, 4.69) is 20.6 Å². The lowest BCUT2D eigenvalue weighted by Gasteiger charge is -2.34. The van der Waals surface area contributed by atoms with Gasteiger partial charge in [0, 0.05) is 23.4 Å². The second-order valence-electron chi connectivity index (χ2n) is 12.8. The summed E-state index contributed by atoms with van der Waals surface area (Å²) in [7, 11) is 0. The number of benzene rings is 2. The Kier molecular flexibility index (Phi) is 8.90. The third kappa shape index (κ3) is 7.18. The number of nitrogens with one attached hydrogen (secondary N) is 2. The summed E-state index contributed by atoms with van der Waals surface area (Å²) in [5.74, 6) is 0.451. The number of hydrogen-bond donors (Lipinski definition) is 3. The summed E-state index contributed by atoms with van der Waals surface area (Å²) in [5.41, 5.74) is 3.05. The standard InChI is InChI=1S/C34H41N5O5/c1-20(27-19-30(37-21(2)36-27)39-28-9-7-6-8-25(28)18-29(39)32(41)42)35-31(40)24-12-10-22(11-13-24)23-14-16-26(17-15-23)38-33(43)44-34(3,4)5/h10-17,19-20,25,28-29H,6-9,18H2,1-5H3,(H,35,40)(H,38,43)(H,41,42)/t20?,25-,28-,29-/m0/s1. The van der Waals surface area contributed by atoms with Crippen LogP contribution in [0.3, 0.4) is 0 Å². The van der Waals surface area contributed by atoms with Crippen LogP contribution in [0.4, 0.5) is 16.3 Å². The zero-order chi connectivity index (χ0) is 31.6. The van der Waals surface area contributed by atoms with Crippen LogP contribution in [0.5, 0.6) is 0 Å². The normalized spacial score (nSPS) is 20.4. The summed E-state index contributed by atoms with van der Waals surface area (Å²) in [6, 6.07) is 15.6. The molecule has 2 aromatic carbocycles. The van der Waals surface area contributed by atoms with E-state index in [1.165, 1.54) is 0 Å². The summed E-state index contributed by atoms with van der Waals surface area (Å²) < 4.78 is 5.30. The number of nitrogens with zero attached hydrogens (tertiary/aromatic N) is 3. The van der Waals surface area contributed by atoms with Gasteiger partial charge < -0.3 is 20.1 Å². The van der Waals surface area contributed by atoms with E-state index < -0.39 is 29.7 Å². The van der Waals surface area contributed by atoms with Crippen LogP contribution < -0.4 is 15.5 Å². The quantitative estimate of drug-likeness (QED) is 0.280. The molecule has 2 heterocycles. The number of anilines is 2. The average Bonchev–Trinajstić information content (AvgIpc) is 3.36. The molecule has 1 unspecified atom stereocenters. The highest BCUT2D eigenvalue weighted by Crippen LogP contribution is 2.42. The summed E-state index contributed by atoms with van der Waals surface area (Å²) in [4.78, 5) is 48.6. The van der Waals surface area contributed by atoms with Crippen molar-refractivity contribution in [3.8, 4) is 11.1 Å². The van der Waals surface area contributed by atoms with Crippen molar-refractivity contribution in [2.45, 2.75) is 90.4 Å². The maximum atomic E-state index is 13.2. The van der Waals surface area contributed by atoms with Crippen molar-refractivity contribution < 1.29 is 24.2 Å².